The summed E-state index contributed by atoms with van der Waals surface area (Å²) in [5.74, 6) is -2.76. The second-order valence-electron chi connectivity index (χ2n) is 8.62. The number of halogens is 3. The number of nitrogens with zero attached hydrogens (tertiary/aromatic N) is 3. The highest BCUT2D eigenvalue weighted by Gasteiger charge is 2.38. The lowest BCUT2D eigenvalue weighted by molar-refractivity contribution is -0.192. The third-order valence-corrected chi connectivity index (χ3v) is 6.08. The van der Waals surface area contributed by atoms with Crippen LogP contribution >= 0.6 is 0 Å². The quantitative estimate of drug-likeness (QED) is 0.530. The number of rotatable bonds is 4. The SMILES string of the molecule is Cn1cc2ccc(CNC(=O)NC3CCC(N4CCNCC4)CC3)cc2n1.O=C(O)C(F)(F)F. The normalized spacial score (nSPS) is 21.4. The number of aryl methyl sites for hydroxylation is 1. The van der Waals surface area contributed by atoms with Crippen LogP contribution in [-0.4, -0.2) is 76.2 Å². The Morgan fingerprint density at radius 2 is 1.82 bits per heavy atom. The molecule has 2 fully saturated rings. The summed E-state index contributed by atoms with van der Waals surface area (Å²) in [6.07, 6.45) is 1.42. The number of carbonyl (C=O) groups is 2. The number of aliphatic carboxylic acids is 1. The van der Waals surface area contributed by atoms with Crippen molar-refractivity contribution in [3.8, 4) is 0 Å². The highest BCUT2D eigenvalue weighted by Crippen LogP contribution is 2.23. The second kappa shape index (κ2) is 11.5. The second-order valence-corrected chi connectivity index (χ2v) is 8.62. The molecule has 34 heavy (non-hydrogen) atoms. The molecule has 2 amide bonds. The molecule has 2 aliphatic rings. The van der Waals surface area contributed by atoms with E-state index in [1.807, 2.05) is 30.1 Å². The van der Waals surface area contributed by atoms with Gasteiger partial charge in [0.1, 0.15) is 0 Å². The maximum Gasteiger partial charge on any atom is 0.490 e. The summed E-state index contributed by atoms with van der Waals surface area (Å²) in [5.41, 5.74) is 2.03. The molecule has 9 nitrogen and oxygen atoms in total. The molecular formula is C22H31F3N6O3. The van der Waals surface area contributed by atoms with Crippen molar-refractivity contribution in [2.75, 3.05) is 26.2 Å². The van der Waals surface area contributed by atoms with Gasteiger partial charge in [-0.25, -0.2) is 9.59 Å². The van der Waals surface area contributed by atoms with Gasteiger partial charge >= 0.3 is 18.2 Å². The smallest absolute Gasteiger partial charge is 0.475 e. The molecule has 4 rings (SSSR count). The third-order valence-electron chi connectivity index (χ3n) is 6.08. The van der Waals surface area contributed by atoms with Crippen LogP contribution in [0, 0.1) is 0 Å². The van der Waals surface area contributed by atoms with E-state index in [0.29, 0.717) is 18.6 Å². The van der Waals surface area contributed by atoms with E-state index in [0.717, 1.165) is 55.5 Å². The molecule has 2 heterocycles. The fourth-order valence-corrected chi connectivity index (χ4v) is 4.35. The van der Waals surface area contributed by atoms with Crippen LogP contribution in [0.1, 0.15) is 31.2 Å². The van der Waals surface area contributed by atoms with Crippen LogP contribution in [0.5, 0.6) is 0 Å². The maximum atomic E-state index is 12.3. The van der Waals surface area contributed by atoms with Crippen molar-refractivity contribution in [3.05, 3.63) is 30.0 Å². The van der Waals surface area contributed by atoms with Crippen molar-refractivity contribution in [3.63, 3.8) is 0 Å². The Labute approximate surface area is 195 Å². The lowest BCUT2D eigenvalue weighted by Gasteiger charge is -2.39. The van der Waals surface area contributed by atoms with Crippen molar-refractivity contribution in [1.29, 1.82) is 0 Å². The lowest BCUT2D eigenvalue weighted by Crippen LogP contribution is -2.51. The van der Waals surface area contributed by atoms with E-state index in [1.165, 1.54) is 12.8 Å². The zero-order valence-corrected chi connectivity index (χ0v) is 19.1. The van der Waals surface area contributed by atoms with E-state index in [4.69, 9.17) is 9.90 Å². The first-order valence-electron chi connectivity index (χ1n) is 11.3. The molecule has 0 spiro atoms. The molecule has 0 unspecified atom stereocenters. The van der Waals surface area contributed by atoms with Gasteiger partial charge in [-0.2, -0.15) is 18.3 Å². The van der Waals surface area contributed by atoms with Crippen molar-refractivity contribution < 1.29 is 27.9 Å². The minimum atomic E-state index is -5.08. The molecule has 188 valence electrons. The Kier molecular flexibility index (Phi) is 8.72. The third kappa shape index (κ3) is 7.59. The molecule has 2 aromatic rings. The number of urea groups is 1. The number of amides is 2. The van der Waals surface area contributed by atoms with Gasteiger partial charge in [-0.3, -0.25) is 9.58 Å². The van der Waals surface area contributed by atoms with Crippen molar-refractivity contribution >= 4 is 22.9 Å². The zero-order valence-electron chi connectivity index (χ0n) is 19.1. The van der Waals surface area contributed by atoms with E-state index in [-0.39, 0.29) is 6.03 Å². The monoisotopic (exact) mass is 484 g/mol. The predicted molar refractivity (Wildman–Crippen MR) is 120 cm³/mol. The average Bonchev–Trinajstić information content (AvgIpc) is 3.18. The number of carboxylic acids is 1. The summed E-state index contributed by atoms with van der Waals surface area (Å²) in [7, 11) is 1.92. The summed E-state index contributed by atoms with van der Waals surface area (Å²) >= 11 is 0. The average molecular weight is 485 g/mol. The highest BCUT2D eigenvalue weighted by molar-refractivity contribution is 5.79. The Morgan fingerprint density at radius 1 is 1.18 bits per heavy atom. The summed E-state index contributed by atoms with van der Waals surface area (Å²) in [6, 6.07) is 7.05. The van der Waals surface area contributed by atoms with Gasteiger partial charge in [0.2, 0.25) is 0 Å². The summed E-state index contributed by atoms with van der Waals surface area (Å²) in [5, 5.41) is 22.2. The topological polar surface area (TPSA) is 112 Å². The number of hydrogen-bond donors (Lipinski definition) is 4. The minimum absolute atomic E-state index is 0.0678. The molecule has 0 atom stereocenters. The standard InChI is InChI=1S/C20H30N6O.C2HF3O2/c1-25-14-16-3-2-15(12-19(16)24-25)13-22-20(27)23-17-4-6-18(7-5-17)26-10-8-21-9-11-26;3-2(4,5)1(6)7/h2-3,12,14,17-18,21H,4-11,13H2,1H3,(H2,22,23,27);(H,6,7). The molecule has 1 saturated carbocycles. The number of alkyl halides is 3. The minimum Gasteiger partial charge on any atom is -0.475 e. The first-order valence-corrected chi connectivity index (χ1v) is 11.3. The molecule has 1 saturated heterocycles. The van der Waals surface area contributed by atoms with Crippen LogP contribution in [0.3, 0.4) is 0 Å². The van der Waals surface area contributed by atoms with E-state index >= 15 is 0 Å². The van der Waals surface area contributed by atoms with Gasteiger partial charge in [0.15, 0.2) is 0 Å². The molecule has 1 aromatic carbocycles. The largest absolute Gasteiger partial charge is 0.490 e. The highest BCUT2D eigenvalue weighted by atomic mass is 19.4. The number of fused-ring (bicyclic) bond motifs is 1. The van der Waals surface area contributed by atoms with Crippen molar-refractivity contribution in [1.82, 2.24) is 30.6 Å². The number of benzene rings is 1. The number of carbonyl (C=O) groups excluding carboxylic acids is 1. The molecule has 1 aromatic heterocycles. The summed E-state index contributed by atoms with van der Waals surface area (Å²) in [6.45, 7) is 5.04. The van der Waals surface area contributed by atoms with Gasteiger partial charge in [0, 0.05) is 63.4 Å². The Bertz CT molecular complexity index is 966. The van der Waals surface area contributed by atoms with Crippen LogP contribution in [0.15, 0.2) is 24.4 Å². The number of hydrogen-bond acceptors (Lipinski definition) is 5. The van der Waals surface area contributed by atoms with Crippen LogP contribution in [0.25, 0.3) is 10.9 Å². The van der Waals surface area contributed by atoms with Crippen molar-refractivity contribution in [2.45, 2.75) is 50.5 Å². The van der Waals surface area contributed by atoms with Gasteiger partial charge in [-0.15, -0.1) is 0 Å². The Hall–Kier alpha value is -2.86. The van der Waals surface area contributed by atoms with Gasteiger partial charge in [0.05, 0.1) is 5.52 Å². The molecule has 0 radical (unpaired) electrons. The Balaban J connectivity index is 0.000000406. The van der Waals surface area contributed by atoms with Gasteiger partial charge < -0.3 is 21.1 Å². The number of nitrogens with one attached hydrogen (secondary N) is 3. The molecule has 4 N–H and O–H groups in total. The molecule has 12 heteroatoms. The first kappa shape index (κ1) is 25.8. The molecule has 1 aliphatic heterocycles. The van der Waals surface area contributed by atoms with E-state index in [2.05, 4.69) is 32.0 Å². The summed E-state index contributed by atoms with van der Waals surface area (Å²) in [4.78, 5) is 23.8. The van der Waals surface area contributed by atoms with E-state index < -0.39 is 12.1 Å². The van der Waals surface area contributed by atoms with E-state index in [1.54, 1.807) is 0 Å². The van der Waals surface area contributed by atoms with E-state index in [9.17, 15) is 18.0 Å². The lowest BCUT2D eigenvalue weighted by atomic mass is 9.90. The van der Waals surface area contributed by atoms with Crippen LogP contribution in [0.4, 0.5) is 18.0 Å². The Morgan fingerprint density at radius 3 is 2.44 bits per heavy atom. The fourth-order valence-electron chi connectivity index (χ4n) is 4.35. The van der Waals surface area contributed by atoms with Crippen LogP contribution in [0.2, 0.25) is 0 Å². The number of carboxylic acid groups (broad SMARTS) is 1. The maximum absolute atomic E-state index is 12.3. The van der Waals surface area contributed by atoms with Crippen LogP contribution in [-0.2, 0) is 18.4 Å². The molecule has 1 aliphatic carbocycles. The predicted octanol–water partition coefficient (Wildman–Crippen LogP) is 2.22. The van der Waals surface area contributed by atoms with Gasteiger partial charge in [0.25, 0.3) is 0 Å². The van der Waals surface area contributed by atoms with Gasteiger partial charge in [-0.05, 0) is 37.3 Å². The molecule has 0 bridgehead atoms. The summed E-state index contributed by atoms with van der Waals surface area (Å²) < 4.78 is 33.5. The number of piperazine rings is 1. The first-order chi connectivity index (χ1) is 16.1. The van der Waals surface area contributed by atoms with Gasteiger partial charge in [-0.1, -0.05) is 12.1 Å². The number of aromatic nitrogens is 2. The fraction of sp³-hybridized carbons (Fsp3) is 0.591. The molecular weight excluding hydrogens is 453 g/mol. The van der Waals surface area contributed by atoms with Crippen molar-refractivity contribution in [2.24, 2.45) is 7.05 Å². The van der Waals surface area contributed by atoms with Crippen LogP contribution < -0.4 is 16.0 Å². The zero-order chi connectivity index (χ0) is 24.7.